The van der Waals surface area contributed by atoms with Crippen molar-refractivity contribution >= 4 is 43.9 Å². The van der Waals surface area contributed by atoms with Gasteiger partial charge in [0.05, 0.1) is 18.1 Å². The van der Waals surface area contributed by atoms with Crippen LogP contribution in [0.4, 0.5) is 23.0 Å². The van der Waals surface area contributed by atoms with Gasteiger partial charge in [0.15, 0.2) is 17.4 Å². The summed E-state index contributed by atoms with van der Waals surface area (Å²) in [5.74, 6) is 0.176. The van der Waals surface area contributed by atoms with Crippen molar-refractivity contribution in [3.63, 3.8) is 0 Å². The molecule has 0 radical (unpaired) electrons. The van der Waals surface area contributed by atoms with E-state index in [1.165, 1.54) is 36.7 Å². The van der Waals surface area contributed by atoms with E-state index < -0.39 is 26.5 Å². The molecule has 4 aromatic rings. The van der Waals surface area contributed by atoms with E-state index in [1.807, 2.05) is 0 Å². The number of nitrogens with one attached hydrogen (secondary N) is 2. The third-order valence-electron chi connectivity index (χ3n) is 3.82. The van der Waals surface area contributed by atoms with Gasteiger partial charge in [0.25, 0.3) is 10.1 Å². The van der Waals surface area contributed by atoms with Gasteiger partial charge in [0.2, 0.25) is 0 Å². The monoisotopic (exact) mass is 412 g/mol. The minimum absolute atomic E-state index is 0.230. The lowest BCUT2D eigenvalue weighted by Crippen LogP contribution is -1.99. The highest BCUT2D eigenvalue weighted by Crippen LogP contribution is 2.42. The summed E-state index contributed by atoms with van der Waals surface area (Å²) in [6, 6.07) is 8.88. The summed E-state index contributed by atoms with van der Waals surface area (Å²) in [5, 5.41) is 39.4. The molecule has 0 bridgehead atoms. The first-order valence-corrected chi connectivity index (χ1v) is 9.45. The number of rotatable bonds is 5. The molecule has 0 atom stereocenters. The molecule has 4 N–H and O–H groups in total. The van der Waals surface area contributed by atoms with Gasteiger partial charge in [-0.25, -0.2) is 0 Å². The molecule has 0 unspecified atom stereocenters. The fourth-order valence-corrected chi connectivity index (χ4v) is 3.17. The van der Waals surface area contributed by atoms with Crippen molar-refractivity contribution in [1.29, 1.82) is 0 Å². The number of aromatic amines is 2. The van der Waals surface area contributed by atoms with Crippen LogP contribution in [0, 0.1) is 0 Å². The second kappa shape index (κ2) is 7.21. The maximum atomic E-state index is 11.8. The molecule has 146 valence electrons. The van der Waals surface area contributed by atoms with Crippen molar-refractivity contribution in [2.45, 2.75) is 4.90 Å². The van der Waals surface area contributed by atoms with Crippen LogP contribution in [0.25, 0.3) is 10.8 Å². The number of azo groups is 2. The minimum atomic E-state index is -4.68. The Morgan fingerprint density at radius 1 is 0.862 bits per heavy atom. The molecule has 0 saturated heterocycles. The fourth-order valence-electron chi connectivity index (χ4n) is 2.51. The van der Waals surface area contributed by atoms with Gasteiger partial charge in [-0.2, -0.15) is 18.6 Å². The van der Waals surface area contributed by atoms with E-state index in [4.69, 9.17) is 0 Å². The Hall–Kier alpha value is -3.97. The molecule has 0 spiro atoms. The minimum Gasteiger partial charge on any atom is -0.505 e. The molecule has 29 heavy (non-hydrogen) atoms. The Labute approximate surface area is 162 Å². The largest absolute Gasteiger partial charge is 0.505 e. The Bertz CT molecular complexity index is 1330. The third kappa shape index (κ3) is 3.85. The topological polar surface area (TPSA) is 181 Å². The van der Waals surface area contributed by atoms with Gasteiger partial charge >= 0.3 is 0 Å². The van der Waals surface area contributed by atoms with Gasteiger partial charge in [-0.3, -0.25) is 14.8 Å². The molecule has 0 fully saturated rings. The second-order valence-electron chi connectivity index (χ2n) is 5.74. The first kappa shape index (κ1) is 18.4. The Morgan fingerprint density at radius 2 is 1.52 bits per heavy atom. The number of nitrogens with zero attached hydrogens (tertiary/aromatic N) is 6. The van der Waals surface area contributed by atoms with Gasteiger partial charge in [-0.05, 0) is 23.6 Å². The van der Waals surface area contributed by atoms with Crippen molar-refractivity contribution in [2.75, 3.05) is 0 Å². The Kier molecular flexibility index (Phi) is 4.58. The van der Waals surface area contributed by atoms with E-state index in [0.717, 1.165) is 0 Å². The van der Waals surface area contributed by atoms with E-state index >= 15 is 0 Å². The lowest BCUT2D eigenvalue weighted by atomic mass is 10.1. The van der Waals surface area contributed by atoms with E-state index in [1.54, 1.807) is 12.1 Å². The van der Waals surface area contributed by atoms with Crippen molar-refractivity contribution in [1.82, 2.24) is 20.4 Å². The van der Waals surface area contributed by atoms with Gasteiger partial charge in [0.1, 0.15) is 10.6 Å². The standard InChI is InChI=1S/C16H12N8O4S/c25-16-11-8-10(19-22-13-3-5-17-20-13)2-1-9(11)7-12(29(26,27)28)15(16)24-23-14-4-6-18-21-14/h1-8,25H,(H,17,20)(H,18,21)(H,26,27,28). The number of phenols is 1. The van der Waals surface area contributed by atoms with Crippen molar-refractivity contribution < 1.29 is 18.1 Å². The molecular formula is C16H12N8O4S. The zero-order chi connectivity index (χ0) is 20.4. The molecule has 0 saturated carbocycles. The number of benzene rings is 2. The Morgan fingerprint density at radius 3 is 2.10 bits per heavy atom. The number of aromatic nitrogens is 4. The second-order valence-corrected chi connectivity index (χ2v) is 7.13. The van der Waals surface area contributed by atoms with E-state index in [0.29, 0.717) is 16.9 Å². The third-order valence-corrected chi connectivity index (χ3v) is 4.68. The summed E-state index contributed by atoms with van der Waals surface area (Å²) in [6.07, 6.45) is 2.95. The SMILES string of the molecule is O=S(=O)(O)c1cc2ccc(N=Nc3ccn[nH]3)cc2c(O)c1N=Nc1ccn[nH]1. The van der Waals surface area contributed by atoms with Crippen LogP contribution in [-0.2, 0) is 10.1 Å². The molecule has 0 aliphatic carbocycles. The highest BCUT2D eigenvalue weighted by molar-refractivity contribution is 7.86. The summed E-state index contributed by atoms with van der Waals surface area (Å²) in [6.45, 7) is 0. The predicted octanol–water partition coefficient (Wildman–Crippen LogP) is 4.07. The molecule has 13 heteroatoms. The molecule has 0 aliphatic rings. The van der Waals surface area contributed by atoms with Crippen LogP contribution in [0.5, 0.6) is 5.75 Å². The van der Waals surface area contributed by atoms with Crippen molar-refractivity contribution in [2.24, 2.45) is 20.5 Å². The summed E-state index contributed by atoms with van der Waals surface area (Å²) >= 11 is 0. The molecule has 2 aromatic carbocycles. The average molecular weight is 412 g/mol. The lowest BCUT2D eigenvalue weighted by Gasteiger charge is -2.09. The molecule has 2 heterocycles. The smallest absolute Gasteiger partial charge is 0.296 e. The summed E-state index contributed by atoms with van der Waals surface area (Å²) in [7, 11) is -4.68. The van der Waals surface area contributed by atoms with Gasteiger partial charge in [0, 0.05) is 17.5 Å². The van der Waals surface area contributed by atoms with Gasteiger partial charge in [-0.1, -0.05) is 6.07 Å². The molecule has 4 rings (SSSR count). The van der Waals surface area contributed by atoms with Crippen LogP contribution in [0.3, 0.4) is 0 Å². The number of phenolic OH excluding ortho intramolecular Hbond substituents is 1. The molecule has 12 nitrogen and oxygen atoms in total. The highest BCUT2D eigenvalue weighted by Gasteiger charge is 2.22. The average Bonchev–Trinajstić information content (AvgIpc) is 3.39. The number of aromatic hydroxyl groups is 1. The quantitative estimate of drug-likeness (QED) is 0.283. The summed E-state index contributed by atoms with van der Waals surface area (Å²) in [5.41, 5.74) is -0.0317. The van der Waals surface area contributed by atoms with Gasteiger partial charge < -0.3 is 5.11 Å². The van der Waals surface area contributed by atoms with E-state index in [-0.39, 0.29) is 11.2 Å². The van der Waals surface area contributed by atoms with Crippen LogP contribution in [0.15, 0.2) is 74.1 Å². The molecule has 2 aromatic heterocycles. The van der Waals surface area contributed by atoms with Crippen LogP contribution >= 0.6 is 0 Å². The zero-order valence-electron chi connectivity index (χ0n) is 14.4. The fraction of sp³-hybridized carbons (Fsp3) is 0. The van der Waals surface area contributed by atoms with Crippen LogP contribution in [0.2, 0.25) is 0 Å². The molecular weight excluding hydrogens is 400 g/mol. The predicted molar refractivity (Wildman–Crippen MR) is 101 cm³/mol. The first-order valence-electron chi connectivity index (χ1n) is 8.01. The van der Waals surface area contributed by atoms with E-state index in [9.17, 15) is 18.1 Å². The number of H-pyrrole nitrogens is 2. The molecule has 0 aliphatic heterocycles. The maximum Gasteiger partial charge on any atom is 0.296 e. The van der Waals surface area contributed by atoms with Crippen LogP contribution in [-0.4, -0.2) is 38.5 Å². The lowest BCUT2D eigenvalue weighted by molar-refractivity contribution is 0.472. The molecule has 0 amide bonds. The first-order chi connectivity index (χ1) is 13.9. The maximum absolute atomic E-state index is 11.8. The normalized spacial score (nSPS) is 12.4. The highest BCUT2D eigenvalue weighted by atomic mass is 32.2. The van der Waals surface area contributed by atoms with Crippen molar-refractivity contribution in [3.8, 4) is 5.75 Å². The summed E-state index contributed by atoms with van der Waals surface area (Å²) in [4.78, 5) is -0.586. The van der Waals surface area contributed by atoms with Crippen LogP contribution < -0.4 is 0 Å². The van der Waals surface area contributed by atoms with E-state index in [2.05, 4.69) is 40.9 Å². The Balaban J connectivity index is 1.85. The van der Waals surface area contributed by atoms with Crippen molar-refractivity contribution in [3.05, 3.63) is 48.8 Å². The summed E-state index contributed by atoms with van der Waals surface area (Å²) < 4.78 is 33.1. The number of hydrogen-bond acceptors (Lipinski definition) is 9. The van der Waals surface area contributed by atoms with Gasteiger partial charge in [-0.15, -0.1) is 20.5 Å². The van der Waals surface area contributed by atoms with Crippen LogP contribution in [0.1, 0.15) is 0 Å². The number of fused-ring (bicyclic) bond motifs is 1. The zero-order valence-corrected chi connectivity index (χ0v) is 15.2. The number of hydrogen-bond donors (Lipinski definition) is 4.